The summed E-state index contributed by atoms with van der Waals surface area (Å²) in [6.07, 6.45) is 7.40. The lowest BCUT2D eigenvalue weighted by molar-refractivity contribution is 0.369. The second-order valence-corrected chi connectivity index (χ2v) is 4.14. The van der Waals surface area contributed by atoms with Crippen LogP contribution < -0.4 is 4.74 Å². The molecule has 0 fully saturated rings. The maximum absolute atomic E-state index is 5.47. The maximum Gasteiger partial charge on any atom is 0.173 e. The molecule has 0 N–H and O–H groups in total. The minimum absolute atomic E-state index is 0.810. The van der Waals surface area contributed by atoms with Crippen molar-refractivity contribution in [3.05, 3.63) is 60.6 Å². The standard InChI is InChI=1S/C16H13O2/c1-17-15-9-8-12-5-2-3-7-14(12)16(15)13-6-4-10-18-11-13/h2-5,7-10H,6H2,1H3. The minimum Gasteiger partial charge on any atom is -0.496 e. The van der Waals surface area contributed by atoms with Gasteiger partial charge in [0, 0.05) is 11.1 Å². The summed E-state index contributed by atoms with van der Waals surface area (Å²) in [5.74, 6) is 0.857. The molecule has 89 valence electrons. The van der Waals surface area contributed by atoms with E-state index in [-0.39, 0.29) is 0 Å². The maximum atomic E-state index is 5.47. The summed E-state index contributed by atoms with van der Waals surface area (Å²) in [6.45, 7) is 0. The second-order valence-electron chi connectivity index (χ2n) is 4.14. The molecule has 0 aromatic heterocycles. The molecule has 0 aliphatic carbocycles. The Balaban J connectivity index is 2.26. The van der Waals surface area contributed by atoms with Crippen molar-refractivity contribution in [2.45, 2.75) is 6.42 Å². The van der Waals surface area contributed by atoms with Gasteiger partial charge in [0.05, 0.1) is 13.4 Å². The lowest BCUT2D eigenvalue weighted by atomic mass is 9.95. The van der Waals surface area contributed by atoms with Gasteiger partial charge < -0.3 is 9.47 Å². The Hall–Kier alpha value is -2.22. The molecule has 18 heavy (non-hydrogen) atoms. The van der Waals surface area contributed by atoms with Crippen molar-refractivity contribution in [3.63, 3.8) is 0 Å². The molecule has 1 radical (unpaired) electrons. The van der Waals surface area contributed by atoms with E-state index in [1.807, 2.05) is 24.3 Å². The third-order valence-corrected chi connectivity index (χ3v) is 3.08. The quantitative estimate of drug-likeness (QED) is 0.788. The number of allylic oxidation sites excluding steroid dienone is 2. The monoisotopic (exact) mass is 237 g/mol. The van der Waals surface area contributed by atoms with Crippen molar-refractivity contribution < 1.29 is 9.47 Å². The summed E-state index contributed by atoms with van der Waals surface area (Å²) < 4.78 is 10.6. The first-order valence-electron chi connectivity index (χ1n) is 5.89. The zero-order chi connectivity index (χ0) is 12.4. The first kappa shape index (κ1) is 10.9. The highest BCUT2D eigenvalue weighted by molar-refractivity contribution is 5.96. The van der Waals surface area contributed by atoms with Gasteiger partial charge in [-0.1, -0.05) is 30.3 Å². The molecule has 0 unspecified atom stereocenters. The summed E-state index contributed by atoms with van der Waals surface area (Å²) in [4.78, 5) is 0. The molecule has 0 spiro atoms. The second kappa shape index (κ2) is 4.57. The SMILES string of the molecule is COc1ccc2ccccc2c1C1=[C]OC=CC1. The number of methoxy groups -OCH3 is 1. The largest absolute Gasteiger partial charge is 0.496 e. The van der Waals surface area contributed by atoms with E-state index >= 15 is 0 Å². The molecule has 3 rings (SSSR count). The van der Waals surface area contributed by atoms with Gasteiger partial charge in [-0.2, -0.15) is 0 Å². The molecule has 1 aliphatic rings. The van der Waals surface area contributed by atoms with Crippen LogP contribution in [0.4, 0.5) is 0 Å². The number of benzene rings is 2. The van der Waals surface area contributed by atoms with E-state index in [1.54, 1.807) is 13.4 Å². The zero-order valence-electron chi connectivity index (χ0n) is 10.1. The number of fused-ring (bicyclic) bond motifs is 1. The van der Waals surface area contributed by atoms with Gasteiger partial charge in [-0.25, -0.2) is 0 Å². The van der Waals surface area contributed by atoms with Crippen molar-refractivity contribution in [2.75, 3.05) is 7.11 Å². The van der Waals surface area contributed by atoms with Crippen LogP contribution in [0.15, 0.2) is 48.7 Å². The van der Waals surface area contributed by atoms with Crippen LogP contribution in [0.3, 0.4) is 0 Å². The van der Waals surface area contributed by atoms with E-state index in [9.17, 15) is 0 Å². The molecule has 2 nitrogen and oxygen atoms in total. The molecular formula is C16H13O2. The molecule has 1 heterocycles. The third kappa shape index (κ3) is 1.76. The lowest BCUT2D eigenvalue weighted by Crippen LogP contribution is -1.96. The number of rotatable bonds is 2. The van der Waals surface area contributed by atoms with E-state index in [1.165, 1.54) is 10.8 Å². The molecule has 1 aliphatic heterocycles. The first-order chi connectivity index (χ1) is 8.90. The summed E-state index contributed by atoms with van der Waals surface area (Å²) in [6, 6.07) is 12.3. The van der Waals surface area contributed by atoms with Crippen LogP contribution in [-0.2, 0) is 4.74 Å². The Kier molecular flexibility index (Phi) is 2.77. The first-order valence-corrected chi connectivity index (χ1v) is 5.89. The molecule has 0 saturated carbocycles. The predicted octanol–water partition coefficient (Wildman–Crippen LogP) is 3.93. The molecule has 0 saturated heterocycles. The molecule has 0 atom stereocenters. The van der Waals surface area contributed by atoms with Crippen molar-refractivity contribution in [1.29, 1.82) is 0 Å². The summed E-state index contributed by atoms with van der Waals surface area (Å²) in [5.41, 5.74) is 2.09. The summed E-state index contributed by atoms with van der Waals surface area (Å²) in [7, 11) is 1.69. The van der Waals surface area contributed by atoms with Gasteiger partial charge in [-0.15, -0.1) is 0 Å². The normalized spacial score (nSPS) is 14.2. The van der Waals surface area contributed by atoms with Crippen molar-refractivity contribution in [3.8, 4) is 5.75 Å². The Morgan fingerprint density at radius 2 is 2.06 bits per heavy atom. The topological polar surface area (TPSA) is 18.5 Å². The molecule has 2 aromatic carbocycles. The summed E-state index contributed by atoms with van der Waals surface area (Å²) in [5, 5.41) is 2.36. The molecule has 0 bridgehead atoms. The Morgan fingerprint density at radius 3 is 2.83 bits per heavy atom. The van der Waals surface area contributed by atoms with Crippen molar-refractivity contribution in [1.82, 2.24) is 0 Å². The van der Waals surface area contributed by atoms with Crippen molar-refractivity contribution >= 4 is 16.3 Å². The molecule has 0 amide bonds. The van der Waals surface area contributed by atoms with Gasteiger partial charge in [0.1, 0.15) is 5.75 Å². The van der Waals surface area contributed by atoms with E-state index in [0.717, 1.165) is 23.3 Å². The number of ether oxygens (including phenoxy) is 2. The highest BCUT2D eigenvalue weighted by atomic mass is 16.5. The number of hydrogen-bond acceptors (Lipinski definition) is 2. The Labute approximate surface area is 106 Å². The van der Waals surface area contributed by atoms with Gasteiger partial charge in [0.15, 0.2) is 6.26 Å². The fourth-order valence-electron chi connectivity index (χ4n) is 2.25. The average molecular weight is 237 g/mol. The van der Waals surface area contributed by atoms with Crippen LogP contribution >= 0.6 is 0 Å². The predicted molar refractivity (Wildman–Crippen MR) is 72.0 cm³/mol. The van der Waals surface area contributed by atoms with Crippen LogP contribution in [-0.4, -0.2) is 7.11 Å². The average Bonchev–Trinajstić information content (AvgIpc) is 2.47. The minimum atomic E-state index is 0.810. The summed E-state index contributed by atoms with van der Waals surface area (Å²) >= 11 is 0. The van der Waals surface area contributed by atoms with Gasteiger partial charge in [-0.3, -0.25) is 0 Å². The highest BCUT2D eigenvalue weighted by Crippen LogP contribution is 2.36. The fourth-order valence-corrected chi connectivity index (χ4v) is 2.25. The van der Waals surface area contributed by atoms with Gasteiger partial charge in [-0.05, 0) is 29.3 Å². The van der Waals surface area contributed by atoms with Crippen molar-refractivity contribution in [2.24, 2.45) is 0 Å². The molecule has 2 aromatic rings. The van der Waals surface area contributed by atoms with Gasteiger partial charge >= 0.3 is 0 Å². The highest BCUT2D eigenvalue weighted by Gasteiger charge is 2.14. The van der Waals surface area contributed by atoms with Gasteiger partial charge in [0.2, 0.25) is 0 Å². The van der Waals surface area contributed by atoms with Crippen LogP contribution in [0.25, 0.3) is 16.3 Å². The smallest absolute Gasteiger partial charge is 0.173 e. The Morgan fingerprint density at radius 1 is 1.17 bits per heavy atom. The molecule has 2 heteroatoms. The Bertz CT molecular complexity index is 639. The van der Waals surface area contributed by atoms with Crippen LogP contribution in [0.1, 0.15) is 12.0 Å². The van der Waals surface area contributed by atoms with Crippen LogP contribution in [0, 0.1) is 6.26 Å². The molecular weight excluding hydrogens is 224 g/mol. The van der Waals surface area contributed by atoms with E-state index in [4.69, 9.17) is 9.47 Å². The van der Waals surface area contributed by atoms with E-state index in [2.05, 4.69) is 24.5 Å². The fraction of sp³-hybridized carbons (Fsp3) is 0.125. The number of hydrogen-bond donors (Lipinski definition) is 0. The van der Waals surface area contributed by atoms with Crippen LogP contribution in [0.5, 0.6) is 5.75 Å². The third-order valence-electron chi connectivity index (χ3n) is 3.08. The van der Waals surface area contributed by atoms with E-state index < -0.39 is 0 Å². The lowest BCUT2D eigenvalue weighted by Gasteiger charge is -2.15. The van der Waals surface area contributed by atoms with Gasteiger partial charge in [0.25, 0.3) is 0 Å². The van der Waals surface area contributed by atoms with E-state index in [0.29, 0.717) is 0 Å². The zero-order valence-corrected chi connectivity index (χ0v) is 10.1. The van der Waals surface area contributed by atoms with Crippen LogP contribution in [0.2, 0.25) is 0 Å².